The summed E-state index contributed by atoms with van der Waals surface area (Å²) in [5, 5.41) is 3.39. The molecule has 1 N–H and O–H groups in total. The van der Waals surface area contributed by atoms with Crippen LogP contribution in [0.4, 0.5) is 10.1 Å². The molecule has 0 atom stereocenters. The first-order valence-electron chi connectivity index (χ1n) is 8.00. The fraction of sp³-hybridized carbons (Fsp3) is 0.278. The van der Waals surface area contributed by atoms with Gasteiger partial charge in [0.2, 0.25) is 15.9 Å². The number of rotatable bonds is 8. The van der Waals surface area contributed by atoms with Crippen LogP contribution in [-0.2, 0) is 21.2 Å². The van der Waals surface area contributed by atoms with Crippen LogP contribution in [0.15, 0.2) is 48.5 Å². The average Bonchev–Trinajstić information content (AvgIpc) is 2.55. The van der Waals surface area contributed by atoms with E-state index in [4.69, 9.17) is 11.6 Å². The van der Waals surface area contributed by atoms with Gasteiger partial charge in [0, 0.05) is 24.5 Å². The van der Waals surface area contributed by atoms with Gasteiger partial charge in [0.15, 0.2) is 0 Å². The van der Waals surface area contributed by atoms with Crippen LogP contribution < -0.4 is 9.62 Å². The minimum Gasteiger partial charge on any atom is -0.356 e. The molecule has 2 rings (SSSR count). The smallest absolute Gasteiger partial charge is 0.232 e. The average molecular weight is 399 g/mol. The van der Waals surface area contributed by atoms with Crippen molar-refractivity contribution in [1.82, 2.24) is 5.32 Å². The van der Waals surface area contributed by atoms with Gasteiger partial charge in [-0.15, -0.1) is 0 Å². The number of hydrogen-bond acceptors (Lipinski definition) is 3. The molecule has 0 spiro atoms. The normalized spacial score (nSPS) is 11.2. The molecule has 0 bridgehead atoms. The number of anilines is 1. The number of benzene rings is 2. The number of nitrogens with one attached hydrogen (secondary N) is 1. The summed E-state index contributed by atoms with van der Waals surface area (Å²) < 4.78 is 38.0. The van der Waals surface area contributed by atoms with Gasteiger partial charge in [-0.1, -0.05) is 23.7 Å². The van der Waals surface area contributed by atoms with Crippen molar-refractivity contribution >= 4 is 33.2 Å². The van der Waals surface area contributed by atoms with Gasteiger partial charge in [0.25, 0.3) is 0 Å². The third kappa shape index (κ3) is 6.31. The topological polar surface area (TPSA) is 66.5 Å². The Balaban J connectivity index is 1.87. The van der Waals surface area contributed by atoms with Gasteiger partial charge in [-0.2, -0.15) is 0 Å². The predicted octanol–water partition coefficient (Wildman–Crippen LogP) is 2.99. The summed E-state index contributed by atoms with van der Waals surface area (Å²) in [5.41, 5.74) is 1.32. The van der Waals surface area contributed by atoms with E-state index < -0.39 is 15.8 Å². The molecule has 0 aliphatic rings. The van der Waals surface area contributed by atoms with E-state index in [9.17, 15) is 17.6 Å². The zero-order chi connectivity index (χ0) is 19.2. The Hall–Kier alpha value is -2.12. The molecule has 140 valence electrons. The quantitative estimate of drug-likeness (QED) is 0.743. The van der Waals surface area contributed by atoms with E-state index in [1.807, 2.05) is 18.2 Å². The third-order valence-corrected chi connectivity index (χ3v) is 5.11. The van der Waals surface area contributed by atoms with Crippen molar-refractivity contribution in [3.8, 4) is 0 Å². The van der Waals surface area contributed by atoms with E-state index in [0.29, 0.717) is 23.7 Å². The fourth-order valence-corrected chi connectivity index (χ4v) is 3.56. The molecule has 0 aromatic heterocycles. The summed E-state index contributed by atoms with van der Waals surface area (Å²) in [6, 6.07) is 12.5. The summed E-state index contributed by atoms with van der Waals surface area (Å²) in [6.07, 6.45) is 1.67. The molecule has 5 nitrogen and oxygen atoms in total. The molecule has 0 aliphatic carbocycles. The summed E-state index contributed by atoms with van der Waals surface area (Å²) >= 11 is 5.91. The molecule has 2 aromatic carbocycles. The highest BCUT2D eigenvalue weighted by molar-refractivity contribution is 7.92. The van der Waals surface area contributed by atoms with E-state index in [1.54, 1.807) is 6.07 Å². The van der Waals surface area contributed by atoms with Crippen molar-refractivity contribution < 1.29 is 17.6 Å². The Morgan fingerprint density at radius 2 is 1.88 bits per heavy atom. The van der Waals surface area contributed by atoms with Gasteiger partial charge >= 0.3 is 0 Å². The fourth-order valence-electron chi connectivity index (χ4n) is 2.42. The van der Waals surface area contributed by atoms with Crippen LogP contribution in [0.2, 0.25) is 5.02 Å². The van der Waals surface area contributed by atoms with E-state index in [1.165, 1.54) is 24.3 Å². The van der Waals surface area contributed by atoms with Crippen molar-refractivity contribution in [3.05, 3.63) is 64.9 Å². The van der Waals surface area contributed by atoms with Crippen LogP contribution in [0.25, 0.3) is 0 Å². The van der Waals surface area contributed by atoms with E-state index in [2.05, 4.69) is 5.32 Å². The maximum atomic E-state index is 13.0. The van der Waals surface area contributed by atoms with E-state index in [-0.39, 0.29) is 18.9 Å². The van der Waals surface area contributed by atoms with Crippen molar-refractivity contribution in [3.63, 3.8) is 0 Å². The van der Waals surface area contributed by atoms with Crippen LogP contribution in [0, 0.1) is 5.82 Å². The Bertz CT molecular complexity index is 857. The summed E-state index contributed by atoms with van der Waals surface area (Å²) in [6.45, 7) is 0.405. The van der Waals surface area contributed by atoms with E-state index in [0.717, 1.165) is 16.1 Å². The minimum atomic E-state index is -3.58. The lowest BCUT2D eigenvalue weighted by molar-refractivity contribution is -0.120. The first-order valence-corrected chi connectivity index (χ1v) is 10.2. The molecule has 0 saturated carbocycles. The molecule has 1 amide bonds. The third-order valence-electron chi connectivity index (χ3n) is 3.68. The lowest BCUT2D eigenvalue weighted by Crippen LogP contribution is -2.35. The second-order valence-electron chi connectivity index (χ2n) is 5.79. The molecule has 0 fully saturated rings. The van der Waals surface area contributed by atoms with Crippen molar-refractivity contribution in [1.29, 1.82) is 0 Å². The van der Waals surface area contributed by atoms with Crippen LogP contribution >= 0.6 is 11.6 Å². The second kappa shape index (κ2) is 9.00. The highest BCUT2D eigenvalue weighted by Crippen LogP contribution is 2.18. The first kappa shape index (κ1) is 20.2. The number of amides is 1. The summed E-state index contributed by atoms with van der Waals surface area (Å²) in [7, 11) is -3.58. The predicted molar refractivity (Wildman–Crippen MR) is 101 cm³/mol. The molecule has 0 unspecified atom stereocenters. The Kier molecular flexibility index (Phi) is 6.99. The number of carbonyl (C=O) groups excluding carboxylic acids is 1. The Morgan fingerprint density at radius 1 is 1.19 bits per heavy atom. The molecule has 0 aliphatic heterocycles. The summed E-state index contributed by atoms with van der Waals surface area (Å²) in [5.74, 6) is -0.719. The standard InChI is InChI=1S/C18H20ClFN2O3S/c1-26(24,25)22(17-7-5-16(20)6-8-17)12-10-18(23)21-11-9-14-3-2-4-15(19)13-14/h2-8,13H,9-12H2,1H3,(H,21,23). The maximum Gasteiger partial charge on any atom is 0.232 e. The van der Waals surface area contributed by atoms with E-state index >= 15 is 0 Å². The first-order chi connectivity index (χ1) is 12.3. The molecule has 0 radical (unpaired) electrons. The van der Waals surface area contributed by atoms with Gasteiger partial charge in [-0.25, -0.2) is 12.8 Å². The number of nitrogens with zero attached hydrogens (tertiary/aromatic N) is 1. The monoisotopic (exact) mass is 398 g/mol. The minimum absolute atomic E-state index is 0.00000765. The molecule has 0 saturated heterocycles. The van der Waals surface area contributed by atoms with Crippen LogP contribution in [0.1, 0.15) is 12.0 Å². The van der Waals surface area contributed by atoms with Gasteiger partial charge in [0.05, 0.1) is 11.9 Å². The molecular weight excluding hydrogens is 379 g/mol. The Morgan fingerprint density at radius 3 is 2.50 bits per heavy atom. The van der Waals surface area contributed by atoms with Crippen LogP contribution in [0.5, 0.6) is 0 Å². The molecule has 26 heavy (non-hydrogen) atoms. The van der Waals surface area contributed by atoms with Gasteiger partial charge < -0.3 is 5.32 Å². The van der Waals surface area contributed by atoms with Crippen molar-refractivity contribution in [2.24, 2.45) is 0 Å². The lowest BCUT2D eigenvalue weighted by atomic mass is 10.1. The molecule has 0 heterocycles. The zero-order valence-corrected chi connectivity index (χ0v) is 15.9. The lowest BCUT2D eigenvalue weighted by Gasteiger charge is -2.22. The molecule has 8 heteroatoms. The highest BCUT2D eigenvalue weighted by Gasteiger charge is 2.18. The van der Waals surface area contributed by atoms with Crippen molar-refractivity contribution in [2.45, 2.75) is 12.8 Å². The number of hydrogen-bond donors (Lipinski definition) is 1. The maximum absolute atomic E-state index is 13.0. The number of halogens is 2. The largest absolute Gasteiger partial charge is 0.356 e. The van der Waals surface area contributed by atoms with Gasteiger partial charge in [-0.3, -0.25) is 9.10 Å². The van der Waals surface area contributed by atoms with Crippen molar-refractivity contribution in [2.75, 3.05) is 23.7 Å². The van der Waals surface area contributed by atoms with Gasteiger partial charge in [-0.05, 0) is 48.4 Å². The summed E-state index contributed by atoms with van der Waals surface area (Å²) in [4.78, 5) is 12.0. The highest BCUT2D eigenvalue weighted by atomic mass is 35.5. The van der Waals surface area contributed by atoms with Gasteiger partial charge in [0.1, 0.15) is 5.82 Å². The van der Waals surface area contributed by atoms with Crippen LogP contribution in [-0.4, -0.2) is 33.7 Å². The molecular formula is C18H20ClFN2O3S. The number of carbonyl (C=O) groups is 1. The Labute approximate surface area is 157 Å². The number of sulfonamides is 1. The SMILES string of the molecule is CS(=O)(=O)N(CCC(=O)NCCc1cccc(Cl)c1)c1ccc(F)cc1. The second-order valence-corrected chi connectivity index (χ2v) is 8.13. The molecule has 2 aromatic rings. The zero-order valence-electron chi connectivity index (χ0n) is 14.3. The van der Waals surface area contributed by atoms with Crippen LogP contribution in [0.3, 0.4) is 0 Å².